The van der Waals surface area contributed by atoms with Gasteiger partial charge in [-0.25, -0.2) is 9.55 Å². The Labute approximate surface area is 117 Å². The summed E-state index contributed by atoms with van der Waals surface area (Å²) in [5.74, 6) is 0. The molecule has 0 radical (unpaired) electrons. The van der Waals surface area contributed by atoms with E-state index in [0.29, 0.717) is 19.8 Å². The van der Waals surface area contributed by atoms with Crippen LogP contribution in [0.25, 0.3) is 0 Å². The van der Waals surface area contributed by atoms with Crippen LogP contribution >= 0.6 is 7.82 Å². The molecular formula is C11H19N2O6P. The summed E-state index contributed by atoms with van der Waals surface area (Å²) < 4.78 is 33.9. The van der Waals surface area contributed by atoms with Gasteiger partial charge in [0.25, 0.3) is 0 Å². The number of phosphoric ester groups is 1. The number of nitrogens with zero attached hydrogens (tertiary/aromatic N) is 2. The first-order valence-electron chi connectivity index (χ1n) is 6.28. The molecule has 1 aromatic rings. The molecule has 0 saturated carbocycles. The van der Waals surface area contributed by atoms with Crippen molar-refractivity contribution in [3.63, 3.8) is 0 Å². The molecule has 1 fully saturated rings. The van der Waals surface area contributed by atoms with Gasteiger partial charge in [0.2, 0.25) is 0 Å². The first kappa shape index (κ1) is 15.6. The Morgan fingerprint density at radius 2 is 2.40 bits per heavy atom. The van der Waals surface area contributed by atoms with Crippen molar-refractivity contribution in [1.29, 1.82) is 0 Å². The fraction of sp³-hybridized carbons (Fsp3) is 0.727. The lowest BCUT2D eigenvalue weighted by Gasteiger charge is -2.23. The standard InChI is InChI=1S/C11H19N2O6P/c1-9-11(19-20(14,15)16-2)10(7-18-9)17-6-5-13-4-3-12-8-13/h3-4,8-11H,5-7H2,1-2H3,(H,14,15)/t9-,10?,11?/m1/s1. The van der Waals surface area contributed by atoms with Crippen molar-refractivity contribution in [3.8, 4) is 0 Å². The number of phosphoric acid groups is 1. The van der Waals surface area contributed by atoms with Crippen molar-refractivity contribution in [2.75, 3.05) is 20.3 Å². The van der Waals surface area contributed by atoms with Crippen LogP contribution in [0, 0.1) is 0 Å². The van der Waals surface area contributed by atoms with Crippen LogP contribution in [0.2, 0.25) is 0 Å². The topological polar surface area (TPSA) is 92.0 Å². The molecule has 0 aromatic carbocycles. The van der Waals surface area contributed by atoms with Crippen molar-refractivity contribution < 1.29 is 28.0 Å². The Hall–Kier alpha value is -0.760. The summed E-state index contributed by atoms with van der Waals surface area (Å²) >= 11 is 0. The highest BCUT2D eigenvalue weighted by Crippen LogP contribution is 2.45. The first-order valence-corrected chi connectivity index (χ1v) is 7.77. The van der Waals surface area contributed by atoms with Crippen molar-refractivity contribution in [2.24, 2.45) is 0 Å². The minimum absolute atomic E-state index is 0.319. The van der Waals surface area contributed by atoms with Crippen molar-refractivity contribution in [1.82, 2.24) is 9.55 Å². The second kappa shape index (κ2) is 6.80. The molecule has 1 aromatic heterocycles. The first-order chi connectivity index (χ1) is 9.52. The summed E-state index contributed by atoms with van der Waals surface area (Å²) in [7, 11) is -2.93. The molecule has 1 N–H and O–H groups in total. The van der Waals surface area contributed by atoms with Gasteiger partial charge in [0.15, 0.2) is 0 Å². The van der Waals surface area contributed by atoms with E-state index < -0.39 is 20.0 Å². The third-order valence-corrected chi connectivity index (χ3v) is 4.05. The van der Waals surface area contributed by atoms with E-state index >= 15 is 0 Å². The summed E-state index contributed by atoms with van der Waals surface area (Å²) in [5, 5.41) is 0. The minimum Gasteiger partial charge on any atom is -0.373 e. The lowest BCUT2D eigenvalue weighted by atomic mass is 10.2. The summed E-state index contributed by atoms with van der Waals surface area (Å²) in [6.45, 7) is 3.15. The molecule has 9 heteroatoms. The molecule has 8 nitrogen and oxygen atoms in total. The molecule has 1 aliphatic heterocycles. The van der Waals surface area contributed by atoms with Gasteiger partial charge in [-0.1, -0.05) is 0 Å². The second-order valence-electron chi connectivity index (χ2n) is 4.47. The Morgan fingerprint density at radius 1 is 1.60 bits per heavy atom. The van der Waals surface area contributed by atoms with Crippen LogP contribution in [0.3, 0.4) is 0 Å². The molecule has 1 aliphatic rings. The van der Waals surface area contributed by atoms with Crippen molar-refractivity contribution in [3.05, 3.63) is 18.7 Å². The van der Waals surface area contributed by atoms with Gasteiger partial charge in [0.05, 0.1) is 25.6 Å². The maximum absolute atomic E-state index is 11.5. The normalized spacial score (nSPS) is 29.4. The smallest absolute Gasteiger partial charge is 0.373 e. The molecule has 4 atom stereocenters. The quantitative estimate of drug-likeness (QED) is 0.745. The fourth-order valence-corrected chi connectivity index (χ4v) is 2.66. The van der Waals surface area contributed by atoms with Gasteiger partial charge in [-0.05, 0) is 6.92 Å². The summed E-state index contributed by atoms with van der Waals surface area (Å²) in [6, 6.07) is 0. The predicted molar refractivity (Wildman–Crippen MR) is 69.1 cm³/mol. The third-order valence-electron chi connectivity index (χ3n) is 3.08. The predicted octanol–water partition coefficient (Wildman–Crippen LogP) is 0.819. The van der Waals surface area contributed by atoms with Gasteiger partial charge in [-0.2, -0.15) is 0 Å². The van der Waals surface area contributed by atoms with Crippen LogP contribution in [-0.2, 0) is 29.6 Å². The molecule has 0 bridgehead atoms. The molecule has 2 rings (SSSR count). The molecule has 0 spiro atoms. The molecule has 20 heavy (non-hydrogen) atoms. The molecule has 3 unspecified atom stereocenters. The van der Waals surface area contributed by atoms with E-state index in [1.54, 1.807) is 19.4 Å². The Kier molecular flexibility index (Phi) is 5.31. The van der Waals surface area contributed by atoms with Gasteiger partial charge >= 0.3 is 7.82 Å². The lowest BCUT2D eigenvalue weighted by molar-refractivity contribution is -0.0200. The Morgan fingerprint density at radius 3 is 3.05 bits per heavy atom. The van der Waals surface area contributed by atoms with E-state index in [1.807, 2.05) is 10.8 Å². The van der Waals surface area contributed by atoms with E-state index in [0.717, 1.165) is 7.11 Å². The van der Waals surface area contributed by atoms with Crippen LogP contribution in [0.1, 0.15) is 6.92 Å². The zero-order chi connectivity index (χ0) is 14.6. The highest BCUT2D eigenvalue weighted by Gasteiger charge is 2.41. The molecule has 2 heterocycles. The highest BCUT2D eigenvalue weighted by atomic mass is 31.2. The number of rotatable bonds is 7. The highest BCUT2D eigenvalue weighted by molar-refractivity contribution is 7.47. The third kappa shape index (κ3) is 4.12. The molecule has 114 valence electrons. The van der Waals surface area contributed by atoms with Crippen LogP contribution in [0.15, 0.2) is 18.7 Å². The minimum atomic E-state index is -4.05. The van der Waals surface area contributed by atoms with Crippen LogP contribution in [0.5, 0.6) is 0 Å². The van der Waals surface area contributed by atoms with Gasteiger partial charge < -0.3 is 18.9 Å². The average molecular weight is 306 g/mol. The largest absolute Gasteiger partial charge is 0.472 e. The van der Waals surface area contributed by atoms with Crippen molar-refractivity contribution >= 4 is 7.82 Å². The van der Waals surface area contributed by atoms with Crippen LogP contribution in [0.4, 0.5) is 0 Å². The van der Waals surface area contributed by atoms with E-state index in [2.05, 4.69) is 9.51 Å². The second-order valence-corrected chi connectivity index (χ2v) is 5.98. The summed E-state index contributed by atoms with van der Waals surface area (Å²) in [5.41, 5.74) is 0. The fourth-order valence-electron chi connectivity index (χ4n) is 1.96. The molecule has 1 saturated heterocycles. The van der Waals surface area contributed by atoms with E-state index in [9.17, 15) is 9.46 Å². The molecule has 0 aliphatic carbocycles. The number of hydrogen-bond donors (Lipinski definition) is 1. The maximum Gasteiger partial charge on any atom is 0.472 e. The van der Waals surface area contributed by atoms with Gasteiger partial charge in [0.1, 0.15) is 12.2 Å². The van der Waals surface area contributed by atoms with Gasteiger partial charge in [-0.3, -0.25) is 9.05 Å². The summed E-state index contributed by atoms with van der Waals surface area (Å²) in [4.78, 5) is 13.3. The van der Waals surface area contributed by atoms with Crippen LogP contribution < -0.4 is 0 Å². The van der Waals surface area contributed by atoms with Crippen LogP contribution in [-0.4, -0.2) is 53.1 Å². The monoisotopic (exact) mass is 306 g/mol. The van der Waals surface area contributed by atoms with Gasteiger partial charge in [-0.15, -0.1) is 0 Å². The zero-order valence-electron chi connectivity index (χ0n) is 11.4. The number of hydrogen-bond acceptors (Lipinski definition) is 6. The SMILES string of the molecule is COP(=O)(O)OC1C(OCCn2ccnc2)CO[C@@H]1C. The van der Waals surface area contributed by atoms with Gasteiger partial charge in [0, 0.05) is 26.0 Å². The van der Waals surface area contributed by atoms with E-state index in [1.165, 1.54) is 0 Å². The Bertz CT molecular complexity index is 454. The van der Waals surface area contributed by atoms with E-state index in [-0.39, 0.29) is 6.10 Å². The van der Waals surface area contributed by atoms with E-state index in [4.69, 9.17) is 14.0 Å². The maximum atomic E-state index is 11.5. The molecule has 0 amide bonds. The number of aromatic nitrogens is 2. The number of imidazole rings is 1. The number of ether oxygens (including phenoxy) is 2. The zero-order valence-corrected chi connectivity index (χ0v) is 12.3. The summed E-state index contributed by atoms with van der Waals surface area (Å²) in [6.07, 6.45) is 3.85. The van der Waals surface area contributed by atoms with Crippen molar-refractivity contribution in [2.45, 2.75) is 31.8 Å². The average Bonchev–Trinajstić information content (AvgIpc) is 3.03. The Balaban J connectivity index is 1.84. The lowest BCUT2D eigenvalue weighted by Crippen LogP contribution is -2.33. The molecular weight excluding hydrogens is 287 g/mol.